The lowest BCUT2D eigenvalue weighted by Gasteiger charge is -2.46. The van der Waals surface area contributed by atoms with Gasteiger partial charge in [0.25, 0.3) is 0 Å². The monoisotopic (exact) mass is 280 g/mol. The Hall–Kier alpha value is -0.570. The molecule has 3 heteroatoms. The summed E-state index contributed by atoms with van der Waals surface area (Å²) in [5, 5.41) is 0. The molecule has 0 radical (unpaired) electrons. The molecule has 3 nitrogen and oxygen atoms in total. The first-order valence-electron chi connectivity index (χ1n) is 8.68. The maximum Gasteiger partial charge on any atom is 0.223 e. The van der Waals surface area contributed by atoms with Crippen molar-refractivity contribution in [2.45, 2.75) is 77.7 Å². The van der Waals surface area contributed by atoms with Gasteiger partial charge in [-0.2, -0.15) is 0 Å². The van der Waals surface area contributed by atoms with E-state index in [1.807, 2.05) is 0 Å². The third kappa shape index (κ3) is 3.03. The summed E-state index contributed by atoms with van der Waals surface area (Å²) >= 11 is 0. The van der Waals surface area contributed by atoms with Crippen molar-refractivity contribution in [2.24, 2.45) is 17.1 Å². The summed E-state index contributed by atoms with van der Waals surface area (Å²) in [7, 11) is 0. The lowest BCUT2D eigenvalue weighted by atomic mass is 9.60. The molecule has 0 spiro atoms. The number of hydrogen-bond donors (Lipinski definition) is 1. The number of carbonyl (C=O) groups excluding carboxylic acids is 1. The summed E-state index contributed by atoms with van der Waals surface area (Å²) in [6.07, 6.45) is 10.7. The maximum absolute atomic E-state index is 12.2. The smallest absolute Gasteiger partial charge is 0.223 e. The normalized spacial score (nSPS) is 32.5. The van der Waals surface area contributed by atoms with E-state index in [1.165, 1.54) is 32.1 Å². The minimum Gasteiger partial charge on any atom is -0.369 e. The van der Waals surface area contributed by atoms with E-state index < -0.39 is 0 Å². The molecule has 0 bridgehead atoms. The summed E-state index contributed by atoms with van der Waals surface area (Å²) in [5.74, 6) is 0.550. The first-order chi connectivity index (χ1) is 9.64. The highest BCUT2D eigenvalue weighted by Crippen LogP contribution is 2.48. The van der Waals surface area contributed by atoms with Crippen LogP contribution in [0.1, 0.15) is 71.6 Å². The van der Waals surface area contributed by atoms with E-state index in [1.54, 1.807) is 0 Å². The summed E-state index contributed by atoms with van der Waals surface area (Å²) in [6, 6.07) is 0.668. The van der Waals surface area contributed by atoms with Crippen LogP contribution in [0.4, 0.5) is 0 Å². The Morgan fingerprint density at radius 2 is 1.60 bits per heavy atom. The number of carbonyl (C=O) groups is 1. The minimum atomic E-state index is -0.177. The van der Waals surface area contributed by atoms with E-state index in [0.717, 1.165) is 38.8 Å². The second-order valence-corrected chi connectivity index (χ2v) is 6.81. The van der Waals surface area contributed by atoms with E-state index >= 15 is 0 Å². The van der Waals surface area contributed by atoms with Crippen LogP contribution in [-0.2, 0) is 4.79 Å². The van der Waals surface area contributed by atoms with E-state index in [9.17, 15) is 4.79 Å². The molecule has 0 unspecified atom stereocenters. The molecule has 0 aromatic rings. The van der Waals surface area contributed by atoms with Crippen LogP contribution in [0, 0.1) is 11.3 Å². The number of hydrogen-bond acceptors (Lipinski definition) is 2. The van der Waals surface area contributed by atoms with E-state index in [2.05, 4.69) is 18.7 Å². The first kappa shape index (κ1) is 15.8. The molecule has 20 heavy (non-hydrogen) atoms. The molecule has 0 heterocycles. The van der Waals surface area contributed by atoms with Gasteiger partial charge >= 0.3 is 0 Å². The zero-order chi connectivity index (χ0) is 14.6. The van der Waals surface area contributed by atoms with Crippen molar-refractivity contribution in [2.75, 3.05) is 13.1 Å². The van der Waals surface area contributed by atoms with Crippen LogP contribution < -0.4 is 5.73 Å². The van der Waals surface area contributed by atoms with Crippen molar-refractivity contribution < 1.29 is 4.79 Å². The Labute approximate surface area is 124 Å². The minimum absolute atomic E-state index is 0.0117. The quantitative estimate of drug-likeness (QED) is 0.839. The maximum atomic E-state index is 12.2. The van der Waals surface area contributed by atoms with Crippen molar-refractivity contribution in [3.63, 3.8) is 0 Å². The predicted octanol–water partition coefficient (Wildman–Crippen LogP) is 3.32. The molecule has 2 saturated carbocycles. The Morgan fingerprint density at radius 3 is 2.05 bits per heavy atom. The van der Waals surface area contributed by atoms with Gasteiger partial charge < -0.3 is 10.6 Å². The highest BCUT2D eigenvalue weighted by Gasteiger charge is 2.46. The van der Waals surface area contributed by atoms with Gasteiger partial charge in [0.1, 0.15) is 0 Å². The fraction of sp³-hybridized carbons (Fsp3) is 0.941. The van der Waals surface area contributed by atoms with E-state index in [-0.39, 0.29) is 11.3 Å². The second-order valence-electron chi connectivity index (χ2n) is 6.81. The summed E-state index contributed by atoms with van der Waals surface area (Å²) < 4.78 is 0. The van der Waals surface area contributed by atoms with Gasteiger partial charge in [-0.1, -0.05) is 33.1 Å². The van der Waals surface area contributed by atoms with Gasteiger partial charge in [-0.15, -0.1) is 0 Å². The fourth-order valence-corrected chi connectivity index (χ4v) is 4.73. The van der Waals surface area contributed by atoms with Gasteiger partial charge in [-0.05, 0) is 57.5 Å². The molecule has 2 aliphatic rings. The number of amides is 1. The van der Waals surface area contributed by atoms with Crippen molar-refractivity contribution in [1.29, 1.82) is 0 Å². The van der Waals surface area contributed by atoms with Crippen LogP contribution in [0.3, 0.4) is 0 Å². The molecule has 0 saturated heterocycles. The standard InChI is InChI=1S/C17H32N2O/c1-3-19(4-2)15-10-12-17(13-11-15,16(18)20)14-8-6-5-7-9-14/h14-15H,3-13H2,1-2H3,(H2,18,20). The molecule has 2 N–H and O–H groups in total. The van der Waals surface area contributed by atoms with Gasteiger partial charge in [-0.25, -0.2) is 0 Å². The Bertz CT molecular complexity index is 311. The number of rotatable bonds is 5. The van der Waals surface area contributed by atoms with E-state index in [0.29, 0.717) is 12.0 Å². The Balaban J connectivity index is 2.04. The molecular formula is C17H32N2O. The lowest BCUT2D eigenvalue weighted by Crippen LogP contribution is -2.50. The summed E-state index contributed by atoms with van der Waals surface area (Å²) in [6.45, 7) is 6.71. The lowest BCUT2D eigenvalue weighted by molar-refractivity contribution is -0.135. The number of nitrogens with two attached hydrogens (primary N) is 1. The summed E-state index contributed by atoms with van der Waals surface area (Å²) in [4.78, 5) is 14.7. The number of primary amides is 1. The van der Waals surface area contributed by atoms with Crippen molar-refractivity contribution in [1.82, 2.24) is 4.90 Å². The van der Waals surface area contributed by atoms with Crippen LogP contribution in [0.5, 0.6) is 0 Å². The van der Waals surface area contributed by atoms with Crippen LogP contribution in [0.15, 0.2) is 0 Å². The highest BCUT2D eigenvalue weighted by atomic mass is 16.1. The van der Waals surface area contributed by atoms with E-state index in [4.69, 9.17) is 5.73 Å². The van der Waals surface area contributed by atoms with Crippen LogP contribution in [-0.4, -0.2) is 29.9 Å². The topological polar surface area (TPSA) is 46.3 Å². The van der Waals surface area contributed by atoms with Crippen LogP contribution in [0.25, 0.3) is 0 Å². The molecule has 1 amide bonds. The zero-order valence-corrected chi connectivity index (χ0v) is 13.4. The molecule has 0 aliphatic heterocycles. The van der Waals surface area contributed by atoms with Crippen molar-refractivity contribution >= 4 is 5.91 Å². The van der Waals surface area contributed by atoms with Crippen molar-refractivity contribution in [3.8, 4) is 0 Å². The molecule has 2 rings (SSSR count). The summed E-state index contributed by atoms with van der Waals surface area (Å²) in [5.41, 5.74) is 5.69. The third-order valence-electron chi connectivity index (χ3n) is 6.05. The molecule has 0 aromatic heterocycles. The predicted molar refractivity (Wildman–Crippen MR) is 83.4 cm³/mol. The Morgan fingerprint density at radius 1 is 1.05 bits per heavy atom. The molecule has 116 valence electrons. The largest absolute Gasteiger partial charge is 0.369 e. The average molecular weight is 280 g/mol. The molecule has 0 aromatic carbocycles. The second kappa shape index (κ2) is 6.93. The van der Waals surface area contributed by atoms with Gasteiger partial charge in [0.15, 0.2) is 0 Å². The SMILES string of the molecule is CCN(CC)C1CCC(C(N)=O)(C2CCCCC2)CC1. The molecular weight excluding hydrogens is 248 g/mol. The van der Waals surface area contributed by atoms with Gasteiger partial charge in [0.05, 0.1) is 5.41 Å². The number of nitrogens with zero attached hydrogens (tertiary/aromatic N) is 1. The first-order valence-corrected chi connectivity index (χ1v) is 8.68. The van der Waals surface area contributed by atoms with Crippen LogP contribution >= 0.6 is 0 Å². The Kier molecular flexibility index (Phi) is 5.48. The van der Waals surface area contributed by atoms with Crippen LogP contribution in [0.2, 0.25) is 0 Å². The third-order valence-corrected chi connectivity index (χ3v) is 6.05. The molecule has 0 atom stereocenters. The zero-order valence-electron chi connectivity index (χ0n) is 13.4. The van der Waals surface area contributed by atoms with Crippen molar-refractivity contribution in [3.05, 3.63) is 0 Å². The molecule has 2 fully saturated rings. The van der Waals surface area contributed by atoms with Gasteiger partial charge in [-0.3, -0.25) is 4.79 Å². The highest BCUT2D eigenvalue weighted by molar-refractivity contribution is 5.81. The molecule has 2 aliphatic carbocycles. The average Bonchev–Trinajstić information content (AvgIpc) is 2.50. The van der Waals surface area contributed by atoms with Gasteiger partial charge in [0.2, 0.25) is 5.91 Å². The fourth-order valence-electron chi connectivity index (χ4n) is 4.73. The van der Waals surface area contributed by atoms with Gasteiger partial charge in [0, 0.05) is 6.04 Å².